The normalized spacial score (nSPS) is 28.6. The van der Waals surface area contributed by atoms with E-state index in [1.165, 1.54) is 6.92 Å². The molecule has 0 heterocycles. The molecule has 0 bridgehead atoms. The lowest BCUT2D eigenvalue weighted by Gasteiger charge is -2.02. The molecule has 0 aliphatic heterocycles. The quantitative estimate of drug-likeness (QED) is 0.915. The Balaban J connectivity index is 2.54. The fraction of sp³-hybridized carbons (Fsp3) is 0.385. The Kier molecular flexibility index (Phi) is 3.53. The van der Waals surface area contributed by atoms with Gasteiger partial charge < -0.3 is 5.11 Å². The molecule has 1 aromatic carbocycles. The summed E-state index contributed by atoms with van der Waals surface area (Å²) in [6, 6.07) is 7.92. The van der Waals surface area contributed by atoms with Crippen LogP contribution >= 0.6 is 11.6 Å². The molecule has 1 N–H and O–H groups in total. The van der Waals surface area contributed by atoms with Crippen molar-refractivity contribution >= 4 is 27.4 Å². The van der Waals surface area contributed by atoms with Crippen LogP contribution in [0.1, 0.15) is 18.4 Å². The number of benzene rings is 1. The third-order valence-corrected chi connectivity index (χ3v) is 6.16. The highest BCUT2D eigenvalue weighted by Gasteiger charge is 2.76. The molecule has 5 nitrogen and oxygen atoms in total. The standard InChI is InChI=1S/C13H12ClNO4S/c1-2-20(18,19)11-10(13(11,7-15)12(16)17)8-3-5-9(14)6-4-8/h3-6,10-11H,2H2,1H3,(H,16,17). The molecule has 7 heteroatoms. The maximum atomic E-state index is 12.1. The van der Waals surface area contributed by atoms with Crippen LogP contribution in [0.3, 0.4) is 0 Å². The van der Waals surface area contributed by atoms with Crippen molar-refractivity contribution in [1.29, 1.82) is 5.26 Å². The first-order chi connectivity index (χ1) is 9.31. The number of aliphatic carboxylic acids is 1. The summed E-state index contributed by atoms with van der Waals surface area (Å²) in [5.41, 5.74) is -1.40. The van der Waals surface area contributed by atoms with E-state index in [0.717, 1.165) is 0 Å². The first kappa shape index (κ1) is 14.8. The summed E-state index contributed by atoms with van der Waals surface area (Å²) in [6.45, 7) is 1.44. The fourth-order valence-electron chi connectivity index (χ4n) is 2.57. The van der Waals surface area contributed by atoms with Gasteiger partial charge in [-0.3, -0.25) is 4.79 Å². The number of carboxylic acids is 1. The predicted octanol–water partition coefficient (Wildman–Crippen LogP) is 1.84. The number of halogens is 1. The van der Waals surface area contributed by atoms with Gasteiger partial charge in [0.2, 0.25) is 0 Å². The number of nitrogens with zero attached hydrogens (tertiary/aromatic N) is 1. The van der Waals surface area contributed by atoms with Crippen LogP contribution in [0.4, 0.5) is 0 Å². The molecule has 20 heavy (non-hydrogen) atoms. The van der Waals surface area contributed by atoms with Crippen LogP contribution in [-0.4, -0.2) is 30.5 Å². The number of nitriles is 1. The lowest BCUT2D eigenvalue weighted by atomic mass is 10.0. The second-order valence-corrected chi connectivity index (χ2v) is 7.53. The number of carbonyl (C=O) groups is 1. The van der Waals surface area contributed by atoms with Gasteiger partial charge in [-0.2, -0.15) is 5.26 Å². The van der Waals surface area contributed by atoms with E-state index >= 15 is 0 Å². The SMILES string of the molecule is CCS(=O)(=O)C1C(c2ccc(Cl)cc2)C1(C#N)C(=O)O. The van der Waals surface area contributed by atoms with E-state index in [0.29, 0.717) is 10.6 Å². The summed E-state index contributed by atoms with van der Waals surface area (Å²) in [6.07, 6.45) is 0. The van der Waals surface area contributed by atoms with Crippen molar-refractivity contribution in [3.05, 3.63) is 34.9 Å². The number of carboxylic acid groups (broad SMARTS) is 1. The third kappa shape index (κ3) is 1.98. The van der Waals surface area contributed by atoms with E-state index in [1.807, 2.05) is 0 Å². The van der Waals surface area contributed by atoms with E-state index in [1.54, 1.807) is 30.3 Å². The first-order valence-electron chi connectivity index (χ1n) is 5.93. The maximum Gasteiger partial charge on any atom is 0.326 e. The van der Waals surface area contributed by atoms with Crippen molar-refractivity contribution in [2.45, 2.75) is 18.1 Å². The molecular formula is C13H12ClNO4S. The van der Waals surface area contributed by atoms with E-state index in [2.05, 4.69) is 0 Å². The highest BCUT2D eigenvalue weighted by molar-refractivity contribution is 7.92. The Morgan fingerprint density at radius 1 is 1.45 bits per heavy atom. The number of hydrogen-bond acceptors (Lipinski definition) is 4. The molecule has 0 aromatic heterocycles. The molecule has 2 rings (SSSR count). The van der Waals surface area contributed by atoms with Gasteiger partial charge in [0.1, 0.15) is 5.25 Å². The van der Waals surface area contributed by atoms with Gasteiger partial charge in [0.05, 0.1) is 6.07 Å². The summed E-state index contributed by atoms with van der Waals surface area (Å²) in [7, 11) is -3.63. The second-order valence-electron chi connectivity index (χ2n) is 4.69. The number of hydrogen-bond donors (Lipinski definition) is 1. The minimum absolute atomic E-state index is 0.196. The van der Waals surface area contributed by atoms with Crippen molar-refractivity contribution in [2.24, 2.45) is 5.41 Å². The first-order valence-corrected chi connectivity index (χ1v) is 8.02. The van der Waals surface area contributed by atoms with Crippen LogP contribution in [0.25, 0.3) is 0 Å². The largest absolute Gasteiger partial charge is 0.480 e. The lowest BCUT2D eigenvalue weighted by molar-refractivity contribution is -0.141. The van der Waals surface area contributed by atoms with E-state index in [4.69, 9.17) is 11.6 Å². The van der Waals surface area contributed by atoms with Gasteiger partial charge in [-0.05, 0) is 17.7 Å². The minimum atomic E-state index is -3.63. The maximum absolute atomic E-state index is 12.1. The lowest BCUT2D eigenvalue weighted by Crippen LogP contribution is -2.23. The van der Waals surface area contributed by atoms with Crippen molar-refractivity contribution in [2.75, 3.05) is 5.75 Å². The molecule has 0 radical (unpaired) electrons. The Morgan fingerprint density at radius 2 is 2.00 bits per heavy atom. The number of sulfone groups is 1. The fourth-order valence-corrected chi connectivity index (χ4v) is 4.63. The summed E-state index contributed by atoms with van der Waals surface area (Å²) < 4.78 is 24.1. The zero-order valence-electron chi connectivity index (χ0n) is 10.6. The van der Waals surface area contributed by atoms with Gasteiger partial charge in [0.25, 0.3) is 0 Å². The Labute approximate surface area is 121 Å². The Hall–Kier alpha value is -1.58. The van der Waals surface area contributed by atoms with Crippen molar-refractivity contribution in [3.8, 4) is 6.07 Å². The summed E-state index contributed by atoms with van der Waals surface area (Å²) in [5, 5.41) is 17.8. The van der Waals surface area contributed by atoms with Crippen LogP contribution in [0.2, 0.25) is 5.02 Å². The van der Waals surface area contributed by atoms with Crippen LogP contribution < -0.4 is 0 Å². The highest BCUT2D eigenvalue weighted by atomic mass is 35.5. The second kappa shape index (κ2) is 4.76. The van der Waals surface area contributed by atoms with Gasteiger partial charge in [0, 0.05) is 16.7 Å². The molecule has 1 saturated carbocycles. The molecule has 0 amide bonds. The molecule has 1 aliphatic rings. The molecule has 1 fully saturated rings. The summed E-state index contributed by atoms with van der Waals surface area (Å²) >= 11 is 5.76. The van der Waals surface area contributed by atoms with Crippen LogP contribution in [0.5, 0.6) is 0 Å². The van der Waals surface area contributed by atoms with E-state index in [9.17, 15) is 23.6 Å². The average Bonchev–Trinajstić information content (AvgIpc) is 3.11. The van der Waals surface area contributed by atoms with Crippen molar-refractivity contribution < 1.29 is 18.3 Å². The van der Waals surface area contributed by atoms with Crippen molar-refractivity contribution in [3.63, 3.8) is 0 Å². The van der Waals surface area contributed by atoms with E-state index < -0.39 is 32.4 Å². The summed E-state index contributed by atoms with van der Waals surface area (Å²) in [5.74, 6) is -2.45. The van der Waals surface area contributed by atoms with Gasteiger partial charge >= 0.3 is 5.97 Å². The third-order valence-electron chi connectivity index (χ3n) is 3.69. The van der Waals surface area contributed by atoms with Gasteiger partial charge in [-0.25, -0.2) is 8.42 Å². The topological polar surface area (TPSA) is 95.2 Å². The van der Waals surface area contributed by atoms with Crippen LogP contribution in [0, 0.1) is 16.7 Å². The molecule has 3 atom stereocenters. The average molecular weight is 314 g/mol. The van der Waals surface area contributed by atoms with Gasteiger partial charge in [-0.1, -0.05) is 30.7 Å². The monoisotopic (exact) mass is 313 g/mol. The predicted molar refractivity (Wildman–Crippen MR) is 73.1 cm³/mol. The molecule has 3 unspecified atom stereocenters. The molecular weight excluding hydrogens is 302 g/mol. The minimum Gasteiger partial charge on any atom is -0.480 e. The molecule has 1 aliphatic carbocycles. The smallest absolute Gasteiger partial charge is 0.326 e. The Bertz CT molecular complexity index is 692. The van der Waals surface area contributed by atoms with Crippen LogP contribution in [-0.2, 0) is 14.6 Å². The number of rotatable bonds is 4. The zero-order valence-corrected chi connectivity index (χ0v) is 12.1. The van der Waals surface area contributed by atoms with Crippen molar-refractivity contribution in [1.82, 2.24) is 0 Å². The molecule has 0 saturated heterocycles. The molecule has 106 valence electrons. The highest BCUT2D eigenvalue weighted by Crippen LogP contribution is 2.63. The van der Waals surface area contributed by atoms with Crippen LogP contribution in [0.15, 0.2) is 24.3 Å². The molecule has 1 aromatic rings. The zero-order chi connectivity index (χ0) is 15.1. The molecule has 0 spiro atoms. The van der Waals surface area contributed by atoms with E-state index in [-0.39, 0.29) is 5.75 Å². The Morgan fingerprint density at radius 3 is 2.40 bits per heavy atom. The van der Waals surface area contributed by atoms with Gasteiger partial charge in [0.15, 0.2) is 15.3 Å². The van der Waals surface area contributed by atoms with Gasteiger partial charge in [-0.15, -0.1) is 0 Å². The summed E-state index contributed by atoms with van der Waals surface area (Å²) in [4.78, 5) is 11.4.